The minimum Gasteiger partial charge on any atom is -0.477 e. The van der Waals surface area contributed by atoms with Gasteiger partial charge in [-0.05, 0) is 6.92 Å². The molecule has 88 valence electrons. The summed E-state index contributed by atoms with van der Waals surface area (Å²) in [6.45, 7) is 1.43. The zero-order valence-electron chi connectivity index (χ0n) is 9.27. The number of rotatable bonds is 4. The molecule has 2 N–H and O–H groups in total. The maximum absolute atomic E-state index is 11.3. The fraction of sp³-hybridized carbons (Fsp3) is 0.444. The van der Waals surface area contributed by atoms with Crippen LogP contribution in [0.4, 0.5) is 5.82 Å². The van der Waals surface area contributed by atoms with E-state index in [0.717, 1.165) is 0 Å². The van der Waals surface area contributed by atoms with E-state index in [1.807, 2.05) is 0 Å². The van der Waals surface area contributed by atoms with Crippen molar-refractivity contribution in [3.05, 3.63) is 11.3 Å². The van der Waals surface area contributed by atoms with Gasteiger partial charge < -0.3 is 15.2 Å². The lowest BCUT2D eigenvalue weighted by Gasteiger charge is -2.05. The first-order chi connectivity index (χ1) is 7.47. The quantitative estimate of drug-likeness (QED) is 0.755. The van der Waals surface area contributed by atoms with Crippen LogP contribution in [0.2, 0.25) is 0 Å². The summed E-state index contributed by atoms with van der Waals surface area (Å²) in [5, 5.41) is 15.3. The van der Waals surface area contributed by atoms with E-state index >= 15 is 0 Å². The van der Waals surface area contributed by atoms with Crippen molar-refractivity contribution in [1.29, 1.82) is 0 Å². The van der Waals surface area contributed by atoms with Crippen molar-refractivity contribution in [2.45, 2.75) is 6.92 Å². The Labute approximate surface area is 92.0 Å². The molecule has 0 fully saturated rings. The molecule has 0 spiro atoms. The van der Waals surface area contributed by atoms with E-state index in [1.54, 1.807) is 14.0 Å². The number of carboxylic acids is 1. The summed E-state index contributed by atoms with van der Waals surface area (Å²) in [4.78, 5) is 22.2. The number of nitrogens with one attached hydrogen (secondary N) is 1. The van der Waals surface area contributed by atoms with Crippen molar-refractivity contribution in [1.82, 2.24) is 9.78 Å². The van der Waals surface area contributed by atoms with Crippen LogP contribution in [0, 0.1) is 6.92 Å². The predicted octanol–water partition coefficient (Wildman–Crippen LogP) is 0.0116. The predicted molar refractivity (Wildman–Crippen MR) is 55.4 cm³/mol. The smallest absolute Gasteiger partial charge is 0.341 e. The maximum Gasteiger partial charge on any atom is 0.341 e. The number of carbonyl (C=O) groups is 2. The molecular weight excluding hydrogens is 214 g/mol. The van der Waals surface area contributed by atoms with E-state index in [0.29, 0.717) is 5.69 Å². The summed E-state index contributed by atoms with van der Waals surface area (Å²) >= 11 is 0. The van der Waals surface area contributed by atoms with Gasteiger partial charge in [0.15, 0.2) is 0 Å². The summed E-state index contributed by atoms with van der Waals surface area (Å²) in [5.74, 6) is -1.39. The largest absolute Gasteiger partial charge is 0.477 e. The molecule has 0 saturated heterocycles. The minimum atomic E-state index is -1.13. The Morgan fingerprint density at radius 3 is 2.69 bits per heavy atom. The number of carboxylic acid groups (broad SMARTS) is 1. The number of anilines is 1. The molecule has 0 bridgehead atoms. The van der Waals surface area contributed by atoms with Gasteiger partial charge in [0.05, 0.1) is 5.69 Å². The van der Waals surface area contributed by atoms with Crippen LogP contribution in [0.15, 0.2) is 0 Å². The topological polar surface area (TPSA) is 93.4 Å². The fourth-order valence-electron chi connectivity index (χ4n) is 1.36. The van der Waals surface area contributed by atoms with Crippen LogP contribution >= 0.6 is 0 Å². The van der Waals surface area contributed by atoms with E-state index in [9.17, 15) is 9.59 Å². The van der Waals surface area contributed by atoms with Gasteiger partial charge in [-0.2, -0.15) is 5.10 Å². The van der Waals surface area contributed by atoms with Gasteiger partial charge in [0.2, 0.25) is 0 Å². The van der Waals surface area contributed by atoms with E-state index < -0.39 is 11.9 Å². The molecule has 0 saturated carbocycles. The number of hydrogen-bond donors (Lipinski definition) is 2. The molecule has 0 atom stereocenters. The summed E-state index contributed by atoms with van der Waals surface area (Å²) in [6, 6.07) is 0. The second-order valence-corrected chi connectivity index (χ2v) is 3.22. The highest BCUT2D eigenvalue weighted by Crippen LogP contribution is 2.18. The number of nitrogens with zero attached hydrogens (tertiary/aromatic N) is 2. The summed E-state index contributed by atoms with van der Waals surface area (Å²) in [6.07, 6.45) is 0. The molecule has 16 heavy (non-hydrogen) atoms. The SMILES string of the molecule is COCC(=O)Nc1c(C(=O)O)c(C)nn1C. The number of aromatic carboxylic acids is 1. The van der Waals surface area contributed by atoms with Crippen molar-refractivity contribution in [2.24, 2.45) is 7.05 Å². The standard InChI is InChI=1S/C9H13N3O4/c1-5-7(9(14)15)8(12(2)11-5)10-6(13)4-16-3/h4H2,1-3H3,(H,10,13)(H,14,15). The summed E-state index contributed by atoms with van der Waals surface area (Å²) in [7, 11) is 2.94. The molecule has 1 aromatic heterocycles. The lowest BCUT2D eigenvalue weighted by atomic mass is 10.2. The molecule has 0 aliphatic heterocycles. The zero-order chi connectivity index (χ0) is 12.3. The van der Waals surface area contributed by atoms with Gasteiger partial charge in [-0.25, -0.2) is 4.79 Å². The first kappa shape index (κ1) is 12.2. The fourth-order valence-corrected chi connectivity index (χ4v) is 1.36. The second-order valence-electron chi connectivity index (χ2n) is 3.22. The van der Waals surface area contributed by atoms with Crippen LogP contribution < -0.4 is 5.32 Å². The normalized spacial score (nSPS) is 10.2. The highest BCUT2D eigenvalue weighted by atomic mass is 16.5. The van der Waals surface area contributed by atoms with Crippen molar-refractivity contribution in [3.8, 4) is 0 Å². The van der Waals surface area contributed by atoms with Crippen LogP contribution in [-0.4, -0.2) is 40.5 Å². The molecule has 1 rings (SSSR count). The Hall–Kier alpha value is -1.89. The van der Waals surface area contributed by atoms with Gasteiger partial charge in [0.1, 0.15) is 18.0 Å². The van der Waals surface area contributed by atoms with Crippen LogP contribution in [0.25, 0.3) is 0 Å². The molecule has 0 unspecified atom stereocenters. The third-order valence-electron chi connectivity index (χ3n) is 1.97. The zero-order valence-corrected chi connectivity index (χ0v) is 9.27. The van der Waals surface area contributed by atoms with E-state index in [4.69, 9.17) is 5.11 Å². The average Bonchev–Trinajstić information content (AvgIpc) is 2.41. The van der Waals surface area contributed by atoms with Gasteiger partial charge in [-0.3, -0.25) is 9.48 Å². The number of carbonyl (C=O) groups excluding carboxylic acids is 1. The second kappa shape index (κ2) is 4.75. The Bertz CT molecular complexity index is 425. The van der Waals surface area contributed by atoms with Crippen LogP contribution in [-0.2, 0) is 16.6 Å². The molecular formula is C9H13N3O4. The van der Waals surface area contributed by atoms with Gasteiger partial charge >= 0.3 is 5.97 Å². The van der Waals surface area contributed by atoms with Gasteiger partial charge in [-0.15, -0.1) is 0 Å². The molecule has 1 aromatic rings. The van der Waals surface area contributed by atoms with Crippen LogP contribution in [0.5, 0.6) is 0 Å². The molecule has 0 radical (unpaired) electrons. The molecule has 1 heterocycles. The number of methoxy groups -OCH3 is 1. The first-order valence-electron chi connectivity index (χ1n) is 4.53. The Morgan fingerprint density at radius 1 is 1.56 bits per heavy atom. The number of hydrogen-bond acceptors (Lipinski definition) is 4. The molecule has 7 heteroatoms. The molecule has 0 aromatic carbocycles. The highest BCUT2D eigenvalue weighted by Gasteiger charge is 2.20. The van der Waals surface area contributed by atoms with Crippen LogP contribution in [0.1, 0.15) is 16.1 Å². The van der Waals surface area contributed by atoms with Crippen molar-refractivity contribution < 1.29 is 19.4 Å². The van der Waals surface area contributed by atoms with Gasteiger partial charge in [0, 0.05) is 14.2 Å². The van der Waals surface area contributed by atoms with Gasteiger partial charge in [0.25, 0.3) is 5.91 Å². The molecule has 0 aliphatic rings. The highest BCUT2D eigenvalue weighted by molar-refractivity contribution is 6.00. The van der Waals surface area contributed by atoms with Crippen molar-refractivity contribution >= 4 is 17.7 Å². The van der Waals surface area contributed by atoms with E-state index in [-0.39, 0.29) is 18.0 Å². The minimum absolute atomic E-state index is 0.00745. The number of aromatic nitrogens is 2. The van der Waals surface area contributed by atoms with Crippen molar-refractivity contribution in [3.63, 3.8) is 0 Å². The average molecular weight is 227 g/mol. The van der Waals surface area contributed by atoms with Crippen molar-refractivity contribution in [2.75, 3.05) is 19.0 Å². The first-order valence-corrected chi connectivity index (χ1v) is 4.53. The summed E-state index contributed by atoms with van der Waals surface area (Å²) in [5.41, 5.74) is 0.342. The number of ether oxygens (including phenoxy) is 1. The third kappa shape index (κ3) is 2.37. The van der Waals surface area contributed by atoms with Crippen LogP contribution in [0.3, 0.4) is 0 Å². The molecule has 1 amide bonds. The number of amides is 1. The Balaban J connectivity index is 3.03. The number of aryl methyl sites for hydroxylation is 2. The summed E-state index contributed by atoms with van der Waals surface area (Å²) < 4.78 is 5.95. The van der Waals surface area contributed by atoms with E-state index in [1.165, 1.54) is 11.8 Å². The maximum atomic E-state index is 11.3. The Morgan fingerprint density at radius 2 is 2.19 bits per heavy atom. The molecule has 0 aliphatic carbocycles. The lowest BCUT2D eigenvalue weighted by molar-refractivity contribution is -0.119. The monoisotopic (exact) mass is 227 g/mol. The molecule has 7 nitrogen and oxygen atoms in total. The lowest BCUT2D eigenvalue weighted by Crippen LogP contribution is -2.20. The van der Waals surface area contributed by atoms with Gasteiger partial charge in [-0.1, -0.05) is 0 Å². The van der Waals surface area contributed by atoms with E-state index in [2.05, 4.69) is 15.2 Å². The Kier molecular flexibility index (Phi) is 3.62. The third-order valence-corrected chi connectivity index (χ3v) is 1.97.